The molecule has 0 saturated heterocycles. The summed E-state index contributed by atoms with van der Waals surface area (Å²) in [4.78, 5) is 4.35. The van der Waals surface area contributed by atoms with Crippen molar-refractivity contribution >= 4 is 22.9 Å². The highest BCUT2D eigenvalue weighted by atomic mass is 35.5. The summed E-state index contributed by atoms with van der Waals surface area (Å²) in [5.41, 5.74) is 0.949. The molecule has 1 heterocycles. The van der Waals surface area contributed by atoms with Gasteiger partial charge in [-0.3, -0.25) is 0 Å². The van der Waals surface area contributed by atoms with Gasteiger partial charge in [0.15, 0.2) is 0 Å². The van der Waals surface area contributed by atoms with E-state index in [2.05, 4.69) is 4.98 Å². The summed E-state index contributed by atoms with van der Waals surface area (Å²) in [5, 5.41) is 3.07. The van der Waals surface area contributed by atoms with Crippen LogP contribution in [-0.4, -0.2) is 30.9 Å². The molecule has 0 saturated carbocycles. The van der Waals surface area contributed by atoms with Gasteiger partial charge in [0.2, 0.25) is 0 Å². The zero-order valence-corrected chi connectivity index (χ0v) is 11.3. The van der Waals surface area contributed by atoms with E-state index >= 15 is 0 Å². The number of ether oxygens (including phenoxy) is 2. The van der Waals surface area contributed by atoms with E-state index in [0.29, 0.717) is 25.7 Å². The molecule has 16 heavy (non-hydrogen) atoms. The fourth-order valence-corrected chi connectivity index (χ4v) is 2.14. The maximum Gasteiger partial charge on any atom is 0.0951 e. The molecule has 0 aliphatic rings. The minimum atomic E-state index is 0.272. The van der Waals surface area contributed by atoms with Gasteiger partial charge in [0.1, 0.15) is 0 Å². The van der Waals surface area contributed by atoms with E-state index in [1.165, 1.54) is 0 Å². The van der Waals surface area contributed by atoms with Crippen molar-refractivity contribution in [1.82, 2.24) is 4.98 Å². The van der Waals surface area contributed by atoms with Crippen LogP contribution in [0.1, 0.15) is 24.5 Å². The molecule has 0 fully saturated rings. The minimum absolute atomic E-state index is 0.272. The molecule has 0 aliphatic heterocycles. The van der Waals surface area contributed by atoms with Crippen LogP contribution in [0, 0.1) is 0 Å². The molecule has 0 unspecified atom stereocenters. The quantitative estimate of drug-likeness (QED) is 0.534. The molecule has 0 radical (unpaired) electrons. The Hall–Kier alpha value is -0.160. The molecular weight excluding hydrogens is 246 g/mol. The number of nitrogens with zero attached hydrogens (tertiary/aromatic N) is 1. The maximum atomic E-state index is 5.67. The third kappa shape index (κ3) is 5.80. The summed E-state index contributed by atoms with van der Waals surface area (Å²) in [7, 11) is 0. The van der Waals surface area contributed by atoms with E-state index in [0.717, 1.165) is 17.1 Å². The average Bonchev–Trinajstić information content (AvgIpc) is 2.70. The normalized spacial score (nSPS) is 11.2. The first-order valence-electron chi connectivity index (χ1n) is 5.41. The number of aromatic nitrogens is 1. The van der Waals surface area contributed by atoms with Crippen LogP contribution in [-0.2, 0) is 21.8 Å². The first-order valence-corrected chi connectivity index (χ1v) is 6.82. The van der Waals surface area contributed by atoms with Crippen molar-refractivity contribution in [3.05, 3.63) is 16.1 Å². The molecule has 92 valence electrons. The van der Waals surface area contributed by atoms with Gasteiger partial charge in [-0.2, -0.15) is 0 Å². The number of thiazole rings is 1. The highest BCUT2D eigenvalue weighted by Gasteiger charge is 2.01. The van der Waals surface area contributed by atoms with Gasteiger partial charge in [-0.1, -0.05) is 0 Å². The second-order valence-corrected chi connectivity index (χ2v) is 4.86. The highest BCUT2D eigenvalue weighted by Crippen LogP contribution is 2.11. The molecule has 0 atom stereocenters. The molecular formula is C11H18ClNO2S. The monoisotopic (exact) mass is 263 g/mol. The molecule has 0 amide bonds. The lowest BCUT2D eigenvalue weighted by Gasteiger charge is -2.07. The Bertz CT molecular complexity index is 291. The largest absolute Gasteiger partial charge is 0.379 e. The number of rotatable bonds is 8. The van der Waals surface area contributed by atoms with Crippen LogP contribution in [0.4, 0.5) is 0 Å². The van der Waals surface area contributed by atoms with Crippen LogP contribution in [0.3, 0.4) is 0 Å². The molecule has 0 N–H and O–H groups in total. The number of halogens is 1. The first kappa shape index (κ1) is 13.9. The Morgan fingerprint density at radius 3 is 2.81 bits per heavy atom. The molecule has 1 aromatic heterocycles. The highest BCUT2D eigenvalue weighted by molar-refractivity contribution is 7.09. The fraction of sp³-hybridized carbons (Fsp3) is 0.727. The maximum absolute atomic E-state index is 5.67. The fourth-order valence-electron chi connectivity index (χ4n) is 1.13. The predicted octanol–water partition coefficient (Wildman–Crippen LogP) is 2.87. The second-order valence-electron chi connectivity index (χ2n) is 3.65. The Labute approximate surface area is 106 Å². The zero-order valence-electron chi connectivity index (χ0n) is 9.74. The molecule has 0 aliphatic carbocycles. The van der Waals surface area contributed by atoms with Crippen LogP contribution in [0.15, 0.2) is 5.38 Å². The van der Waals surface area contributed by atoms with Crippen LogP contribution in [0.25, 0.3) is 0 Å². The summed E-state index contributed by atoms with van der Waals surface area (Å²) in [6.07, 6.45) is 1.12. The molecule has 0 spiro atoms. The van der Waals surface area contributed by atoms with Crippen molar-refractivity contribution in [2.75, 3.05) is 19.8 Å². The van der Waals surface area contributed by atoms with Crippen molar-refractivity contribution in [3.63, 3.8) is 0 Å². The van der Waals surface area contributed by atoms with E-state index in [1.807, 2.05) is 19.2 Å². The van der Waals surface area contributed by atoms with E-state index in [9.17, 15) is 0 Å². The summed E-state index contributed by atoms with van der Waals surface area (Å²) in [6.45, 7) is 6.03. The number of hydrogen-bond acceptors (Lipinski definition) is 4. The van der Waals surface area contributed by atoms with E-state index < -0.39 is 0 Å². The van der Waals surface area contributed by atoms with Gasteiger partial charge < -0.3 is 9.47 Å². The van der Waals surface area contributed by atoms with Gasteiger partial charge >= 0.3 is 0 Å². The Morgan fingerprint density at radius 1 is 1.38 bits per heavy atom. The van der Waals surface area contributed by atoms with Crippen molar-refractivity contribution in [2.24, 2.45) is 0 Å². The minimum Gasteiger partial charge on any atom is -0.379 e. The lowest BCUT2D eigenvalue weighted by atomic mass is 10.4. The molecule has 5 heteroatoms. The van der Waals surface area contributed by atoms with Crippen molar-refractivity contribution in [1.29, 1.82) is 0 Å². The molecule has 3 nitrogen and oxygen atoms in total. The van der Waals surface area contributed by atoms with E-state index in [4.69, 9.17) is 21.1 Å². The van der Waals surface area contributed by atoms with Gasteiger partial charge in [-0.25, -0.2) is 4.98 Å². The van der Waals surface area contributed by atoms with Gasteiger partial charge in [0.25, 0.3) is 0 Å². The lowest BCUT2D eigenvalue weighted by Crippen LogP contribution is -2.10. The van der Waals surface area contributed by atoms with Crippen LogP contribution in [0.2, 0.25) is 0 Å². The van der Waals surface area contributed by atoms with Crippen LogP contribution >= 0.6 is 22.9 Å². The summed E-state index contributed by atoms with van der Waals surface area (Å²) in [6, 6.07) is 0. The van der Waals surface area contributed by atoms with Gasteiger partial charge in [0.05, 0.1) is 42.5 Å². The van der Waals surface area contributed by atoms with Crippen molar-refractivity contribution < 1.29 is 9.47 Å². The van der Waals surface area contributed by atoms with Crippen LogP contribution in [0.5, 0.6) is 0 Å². The molecule has 0 bridgehead atoms. The summed E-state index contributed by atoms with van der Waals surface area (Å²) in [5.74, 6) is 0.486. The molecule has 0 aromatic carbocycles. The third-order valence-electron chi connectivity index (χ3n) is 1.88. The summed E-state index contributed by atoms with van der Waals surface area (Å²) >= 11 is 7.30. The Balaban J connectivity index is 2.02. The standard InChI is InChI=1S/C11H18ClNO2S/c1-9(2)15-6-5-14-4-3-11-13-10(7-12)8-16-11/h8-9H,3-7H2,1-2H3. The van der Waals surface area contributed by atoms with Crippen molar-refractivity contribution in [3.8, 4) is 0 Å². The SMILES string of the molecule is CC(C)OCCOCCc1nc(CCl)cs1. The van der Waals surface area contributed by atoms with E-state index in [-0.39, 0.29) is 6.10 Å². The number of alkyl halides is 1. The average molecular weight is 264 g/mol. The molecule has 1 rings (SSSR count). The van der Waals surface area contributed by atoms with Crippen molar-refractivity contribution in [2.45, 2.75) is 32.3 Å². The zero-order chi connectivity index (χ0) is 11.8. The second kappa shape index (κ2) is 8.01. The molecule has 1 aromatic rings. The Kier molecular flexibility index (Phi) is 6.96. The van der Waals surface area contributed by atoms with Gasteiger partial charge in [0, 0.05) is 11.8 Å². The topological polar surface area (TPSA) is 31.4 Å². The number of hydrogen-bond donors (Lipinski definition) is 0. The van der Waals surface area contributed by atoms with Crippen LogP contribution < -0.4 is 0 Å². The lowest BCUT2D eigenvalue weighted by molar-refractivity contribution is 0.0204. The van der Waals surface area contributed by atoms with Gasteiger partial charge in [-0.05, 0) is 13.8 Å². The predicted molar refractivity (Wildman–Crippen MR) is 67.3 cm³/mol. The smallest absolute Gasteiger partial charge is 0.0951 e. The van der Waals surface area contributed by atoms with E-state index in [1.54, 1.807) is 11.3 Å². The summed E-state index contributed by atoms with van der Waals surface area (Å²) < 4.78 is 10.8. The van der Waals surface area contributed by atoms with Gasteiger partial charge in [-0.15, -0.1) is 22.9 Å². The Morgan fingerprint density at radius 2 is 2.19 bits per heavy atom. The first-order chi connectivity index (χ1) is 7.72. The third-order valence-corrected chi connectivity index (χ3v) is 3.11.